The third kappa shape index (κ3) is 3.52. The molecule has 3 heterocycles. The van der Waals surface area contributed by atoms with Gasteiger partial charge in [-0.1, -0.05) is 11.2 Å². The Labute approximate surface area is 177 Å². The van der Waals surface area contributed by atoms with Crippen molar-refractivity contribution < 1.29 is 9.32 Å². The van der Waals surface area contributed by atoms with E-state index in [2.05, 4.69) is 20.7 Å². The molecule has 1 saturated carbocycles. The molecular weight excluding hydrogens is 396 g/mol. The van der Waals surface area contributed by atoms with Gasteiger partial charge in [-0.3, -0.25) is 9.59 Å². The fourth-order valence-corrected chi connectivity index (χ4v) is 3.66. The van der Waals surface area contributed by atoms with E-state index in [1.807, 2.05) is 32.0 Å². The minimum absolute atomic E-state index is 0.224. The largest absolute Gasteiger partial charge is 0.360 e. The van der Waals surface area contributed by atoms with Gasteiger partial charge in [0.05, 0.1) is 17.6 Å². The van der Waals surface area contributed by atoms with Crippen LogP contribution in [0.3, 0.4) is 0 Å². The average Bonchev–Trinajstić information content (AvgIpc) is 3.35. The number of hydrogen-bond acceptors (Lipinski definition) is 6. The van der Waals surface area contributed by atoms with Crippen molar-refractivity contribution in [2.24, 2.45) is 0 Å². The maximum atomic E-state index is 13.3. The Morgan fingerprint density at radius 1 is 1.19 bits per heavy atom. The molecule has 1 aliphatic rings. The number of aryl methyl sites for hydroxylation is 3. The van der Waals surface area contributed by atoms with Gasteiger partial charge in [-0.2, -0.15) is 10.2 Å². The van der Waals surface area contributed by atoms with Gasteiger partial charge in [0.25, 0.3) is 5.56 Å². The summed E-state index contributed by atoms with van der Waals surface area (Å²) < 4.78 is 7.83. The van der Waals surface area contributed by atoms with E-state index in [-0.39, 0.29) is 18.0 Å². The highest BCUT2D eigenvalue weighted by Gasteiger charge is 2.30. The van der Waals surface area contributed by atoms with Crippen LogP contribution in [0, 0.1) is 20.8 Å². The van der Waals surface area contributed by atoms with Crippen LogP contribution in [0.5, 0.6) is 0 Å². The summed E-state index contributed by atoms with van der Waals surface area (Å²) in [7, 11) is 0. The van der Waals surface area contributed by atoms with Gasteiger partial charge in [0.15, 0.2) is 5.82 Å². The number of amides is 1. The highest BCUT2D eigenvalue weighted by atomic mass is 16.5. The molecule has 4 aromatic rings. The smallest absolute Gasteiger partial charge is 0.293 e. The Hall–Kier alpha value is -3.75. The predicted molar refractivity (Wildman–Crippen MR) is 114 cm³/mol. The number of hydrogen-bond donors (Lipinski definition) is 1. The Morgan fingerprint density at radius 3 is 2.68 bits per heavy atom. The van der Waals surface area contributed by atoms with Crippen molar-refractivity contribution in [3.05, 3.63) is 63.4 Å². The van der Waals surface area contributed by atoms with Crippen LogP contribution in [-0.2, 0) is 11.3 Å². The quantitative estimate of drug-likeness (QED) is 0.534. The zero-order chi connectivity index (χ0) is 21.7. The van der Waals surface area contributed by atoms with Crippen molar-refractivity contribution in [3.63, 3.8) is 0 Å². The lowest BCUT2D eigenvalue weighted by atomic mass is 10.1. The number of aromatic nitrogens is 5. The third-order valence-electron chi connectivity index (χ3n) is 5.60. The lowest BCUT2D eigenvalue weighted by Crippen LogP contribution is -2.31. The first-order valence-corrected chi connectivity index (χ1v) is 10.2. The standard InChI is InChI=1S/C22H22N6O3/c1-12-4-7-16(8-13(12)2)28-21-17(10-23-28)20(15-5-6-15)25-27(22(21)30)11-19(29)24-18-9-14(3)31-26-18/h4,7-10,15H,5-6,11H2,1-3H3,(H,24,26,29). The van der Waals surface area contributed by atoms with Crippen LogP contribution in [0.25, 0.3) is 16.6 Å². The first-order chi connectivity index (χ1) is 14.9. The molecule has 1 aromatic carbocycles. The van der Waals surface area contributed by atoms with Crippen LogP contribution < -0.4 is 10.9 Å². The maximum absolute atomic E-state index is 13.3. The Bertz CT molecular complexity index is 1380. The molecule has 0 aliphatic heterocycles. The van der Waals surface area contributed by atoms with Crippen molar-refractivity contribution in [2.75, 3.05) is 5.32 Å². The minimum atomic E-state index is -0.402. The second-order valence-corrected chi connectivity index (χ2v) is 8.08. The normalized spacial score (nSPS) is 13.6. The topological polar surface area (TPSA) is 108 Å². The second kappa shape index (κ2) is 7.19. The van der Waals surface area contributed by atoms with Crippen molar-refractivity contribution in [1.82, 2.24) is 24.7 Å². The van der Waals surface area contributed by atoms with Crippen LogP contribution in [0.1, 0.15) is 41.3 Å². The van der Waals surface area contributed by atoms with Crippen LogP contribution in [0.2, 0.25) is 0 Å². The molecule has 31 heavy (non-hydrogen) atoms. The summed E-state index contributed by atoms with van der Waals surface area (Å²) in [4.78, 5) is 25.9. The highest BCUT2D eigenvalue weighted by molar-refractivity contribution is 5.90. The molecule has 0 radical (unpaired) electrons. The number of carbonyl (C=O) groups excluding carboxylic acids is 1. The van der Waals surface area contributed by atoms with Gasteiger partial charge in [0, 0.05) is 17.4 Å². The Morgan fingerprint density at radius 2 is 2.00 bits per heavy atom. The SMILES string of the molecule is Cc1cc(NC(=O)Cn2nc(C3CC3)c3cnn(-c4ccc(C)c(C)c4)c3c2=O)no1. The number of nitrogens with one attached hydrogen (secondary N) is 1. The lowest BCUT2D eigenvalue weighted by molar-refractivity contribution is -0.117. The van der Waals surface area contributed by atoms with E-state index in [9.17, 15) is 9.59 Å². The molecular formula is C22H22N6O3. The molecule has 9 heteroatoms. The van der Waals surface area contributed by atoms with Crippen molar-refractivity contribution in [1.29, 1.82) is 0 Å². The summed E-state index contributed by atoms with van der Waals surface area (Å²) in [6.07, 6.45) is 3.73. The summed E-state index contributed by atoms with van der Waals surface area (Å²) in [5.41, 5.74) is 3.97. The summed E-state index contributed by atoms with van der Waals surface area (Å²) in [5, 5.41) is 16.2. The molecule has 1 fully saturated rings. The van der Waals surface area contributed by atoms with Crippen LogP contribution in [-0.4, -0.2) is 30.6 Å². The van der Waals surface area contributed by atoms with Crippen LogP contribution >= 0.6 is 0 Å². The summed E-state index contributed by atoms with van der Waals surface area (Å²) >= 11 is 0. The Balaban J connectivity index is 1.58. The highest BCUT2D eigenvalue weighted by Crippen LogP contribution is 2.41. The van der Waals surface area contributed by atoms with E-state index in [0.717, 1.165) is 40.7 Å². The molecule has 9 nitrogen and oxygen atoms in total. The van der Waals surface area contributed by atoms with Gasteiger partial charge in [0.2, 0.25) is 5.91 Å². The molecule has 1 amide bonds. The van der Waals surface area contributed by atoms with Crippen LogP contribution in [0.4, 0.5) is 5.82 Å². The van der Waals surface area contributed by atoms with E-state index < -0.39 is 5.91 Å². The lowest BCUT2D eigenvalue weighted by Gasteiger charge is -2.10. The molecule has 0 bridgehead atoms. The number of anilines is 1. The van der Waals surface area contributed by atoms with E-state index in [1.165, 1.54) is 4.68 Å². The first kappa shape index (κ1) is 19.2. The van der Waals surface area contributed by atoms with E-state index in [4.69, 9.17) is 4.52 Å². The number of rotatable bonds is 5. The van der Waals surface area contributed by atoms with E-state index in [1.54, 1.807) is 23.9 Å². The predicted octanol–water partition coefficient (Wildman–Crippen LogP) is 3.01. The van der Waals surface area contributed by atoms with E-state index >= 15 is 0 Å². The Kier molecular flexibility index (Phi) is 4.46. The van der Waals surface area contributed by atoms with Crippen molar-refractivity contribution >= 4 is 22.6 Å². The van der Waals surface area contributed by atoms with Gasteiger partial charge in [-0.15, -0.1) is 0 Å². The van der Waals surface area contributed by atoms with Crippen LogP contribution in [0.15, 0.2) is 39.8 Å². The van der Waals surface area contributed by atoms with Crippen molar-refractivity contribution in [3.8, 4) is 5.69 Å². The van der Waals surface area contributed by atoms with Gasteiger partial charge in [0.1, 0.15) is 17.8 Å². The number of carbonyl (C=O) groups is 1. The molecule has 0 unspecified atom stereocenters. The molecule has 5 rings (SSSR count). The van der Waals surface area contributed by atoms with Crippen molar-refractivity contribution in [2.45, 2.75) is 46.1 Å². The fraction of sp³-hybridized carbons (Fsp3) is 0.318. The van der Waals surface area contributed by atoms with E-state index in [0.29, 0.717) is 17.1 Å². The third-order valence-corrected chi connectivity index (χ3v) is 5.60. The number of fused-ring (bicyclic) bond motifs is 1. The minimum Gasteiger partial charge on any atom is -0.360 e. The molecule has 1 aliphatic carbocycles. The first-order valence-electron chi connectivity index (χ1n) is 10.2. The summed E-state index contributed by atoms with van der Waals surface area (Å²) in [6, 6.07) is 7.56. The maximum Gasteiger partial charge on any atom is 0.293 e. The molecule has 3 aromatic heterocycles. The zero-order valence-corrected chi connectivity index (χ0v) is 17.5. The molecule has 1 N–H and O–H groups in total. The second-order valence-electron chi connectivity index (χ2n) is 8.08. The molecule has 0 atom stereocenters. The van der Waals surface area contributed by atoms with Gasteiger partial charge in [-0.25, -0.2) is 9.36 Å². The monoisotopic (exact) mass is 418 g/mol. The molecule has 0 saturated heterocycles. The number of benzene rings is 1. The summed E-state index contributed by atoms with van der Waals surface area (Å²) in [5.74, 6) is 0.772. The zero-order valence-electron chi connectivity index (χ0n) is 17.5. The van der Waals surface area contributed by atoms with Gasteiger partial charge < -0.3 is 9.84 Å². The molecule has 0 spiro atoms. The summed E-state index contributed by atoms with van der Waals surface area (Å²) in [6.45, 7) is 5.57. The number of nitrogens with zero attached hydrogens (tertiary/aromatic N) is 5. The van der Waals surface area contributed by atoms with Gasteiger partial charge >= 0.3 is 0 Å². The molecule has 158 valence electrons. The average molecular weight is 418 g/mol. The fourth-order valence-electron chi connectivity index (χ4n) is 3.66. The van der Waals surface area contributed by atoms with Gasteiger partial charge in [-0.05, 0) is 56.9 Å².